The van der Waals surface area contributed by atoms with Gasteiger partial charge in [0, 0.05) is 37.9 Å². The first-order valence-corrected chi connectivity index (χ1v) is 5.40. The van der Waals surface area contributed by atoms with Crippen LogP contribution in [0.15, 0.2) is 0 Å². The Morgan fingerprint density at radius 3 is 2.43 bits per heavy atom. The van der Waals surface area contributed by atoms with Gasteiger partial charge in [-0.05, 0) is 19.3 Å². The van der Waals surface area contributed by atoms with Crippen LogP contribution in [0.2, 0.25) is 0 Å². The van der Waals surface area contributed by atoms with Crippen molar-refractivity contribution in [1.82, 2.24) is 0 Å². The summed E-state index contributed by atoms with van der Waals surface area (Å²) >= 11 is 0. The van der Waals surface area contributed by atoms with E-state index in [1.54, 1.807) is 0 Å². The topological polar surface area (TPSA) is 43.4 Å². The first kappa shape index (κ1) is 9.84. The Bertz CT molecular complexity index is 241. The van der Waals surface area contributed by atoms with E-state index in [4.69, 9.17) is 4.74 Å². The smallest absolute Gasteiger partial charge is 0.139 e. The quantitative estimate of drug-likeness (QED) is 0.669. The third-order valence-electron chi connectivity index (χ3n) is 3.27. The van der Waals surface area contributed by atoms with Gasteiger partial charge in [0.15, 0.2) is 0 Å². The molecule has 3 heteroatoms. The van der Waals surface area contributed by atoms with Crippen LogP contribution in [0.3, 0.4) is 0 Å². The first-order chi connectivity index (χ1) is 6.77. The van der Waals surface area contributed by atoms with Gasteiger partial charge >= 0.3 is 0 Å². The minimum atomic E-state index is 0.0330. The maximum Gasteiger partial charge on any atom is 0.139 e. The second kappa shape index (κ2) is 4.22. The van der Waals surface area contributed by atoms with Crippen LogP contribution in [-0.4, -0.2) is 24.8 Å². The molecule has 1 saturated heterocycles. The van der Waals surface area contributed by atoms with Crippen molar-refractivity contribution >= 4 is 11.6 Å². The van der Waals surface area contributed by atoms with Crippen molar-refractivity contribution in [3.8, 4) is 0 Å². The van der Waals surface area contributed by atoms with Crippen molar-refractivity contribution in [3.63, 3.8) is 0 Å². The molecule has 1 aliphatic carbocycles. The van der Waals surface area contributed by atoms with E-state index in [9.17, 15) is 9.59 Å². The lowest BCUT2D eigenvalue weighted by Gasteiger charge is -2.23. The van der Waals surface area contributed by atoms with E-state index >= 15 is 0 Å². The first-order valence-electron chi connectivity index (χ1n) is 5.40. The average molecular weight is 196 g/mol. The molecule has 0 aromatic carbocycles. The highest BCUT2D eigenvalue weighted by molar-refractivity contribution is 5.92. The number of ketones is 2. The van der Waals surface area contributed by atoms with Crippen molar-refractivity contribution < 1.29 is 14.3 Å². The molecule has 1 aliphatic heterocycles. The summed E-state index contributed by atoms with van der Waals surface area (Å²) in [5.74, 6) is 0.778. The largest absolute Gasteiger partial charge is 0.381 e. The van der Waals surface area contributed by atoms with E-state index < -0.39 is 0 Å². The normalized spacial score (nSPS) is 29.4. The summed E-state index contributed by atoms with van der Waals surface area (Å²) in [5, 5.41) is 0. The maximum atomic E-state index is 11.9. The van der Waals surface area contributed by atoms with E-state index in [1.165, 1.54) is 0 Å². The lowest BCUT2D eigenvalue weighted by atomic mass is 9.86. The van der Waals surface area contributed by atoms with E-state index in [-0.39, 0.29) is 17.6 Å². The molecule has 0 N–H and O–H groups in total. The van der Waals surface area contributed by atoms with Crippen LogP contribution in [0.25, 0.3) is 0 Å². The van der Waals surface area contributed by atoms with E-state index in [1.807, 2.05) is 0 Å². The molecular formula is C11H16O3. The van der Waals surface area contributed by atoms with Crippen LogP contribution < -0.4 is 0 Å². The van der Waals surface area contributed by atoms with Gasteiger partial charge in [0.2, 0.25) is 0 Å². The van der Waals surface area contributed by atoms with Gasteiger partial charge in [-0.1, -0.05) is 0 Å². The Balaban J connectivity index is 1.90. The summed E-state index contributed by atoms with van der Waals surface area (Å²) in [7, 11) is 0. The zero-order valence-corrected chi connectivity index (χ0v) is 8.33. The van der Waals surface area contributed by atoms with Crippen molar-refractivity contribution in [2.24, 2.45) is 11.8 Å². The van der Waals surface area contributed by atoms with Gasteiger partial charge in [-0.25, -0.2) is 0 Å². The number of Topliss-reactive ketones (excluding diaryl/α,β-unsaturated/α-hetero) is 2. The summed E-state index contributed by atoms with van der Waals surface area (Å²) in [4.78, 5) is 23.0. The van der Waals surface area contributed by atoms with Gasteiger partial charge < -0.3 is 4.74 Å². The third kappa shape index (κ3) is 2.03. The summed E-state index contributed by atoms with van der Waals surface area (Å²) in [5.41, 5.74) is 0. The van der Waals surface area contributed by atoms with Crippen molar-refractivity contribution in [2.45, 2.75) is 32.1 Å². The molecule has 1 atom stereocenters. The lowest BCUT2D eigenvalue weighted by molar-refractivity contribution is -0.130. The molecule has 0 aromatic rings. The summed E-state index contributed by atoms with van der Waals surface area (Å²) in [6, 6.07) is 0. The summed E-state index contributed by atoms with van der Waals surface area (Å²) in [6.45, 7) is 1.41. The zero-order valence-electron chi connectivity index (χ0n) is 8.33. The maximum absolute atomic E-state index is 11.9. The van der Waals surface area contributed by atoms with Gasteiger partial charge in [-0.3, -0.25) is 9.59 Å². The minimum Gasteiger partial charge on any atom is -0.381 e. The zero-order chi connectivity index (χ0) is 9.97. The molecule has 2 fully saturated rings. The highest BCUT2D eigenvalue weighted by Gasteiger charge is 2.33. The molecule has 1 saturated carbocycles. The number of hydrogen-bond acceptors (Lipinski definition) is 3. The predicted molar refractivity (Wildman–Crippen MR) is 50.9 cm³/mol. The fraction of sp³-hybridized carbons (Fsp3) is 0.818. The molecular weight excluding hydrogens is 180 g/mol. The molecule has 78 valence electrons. The monoisotopic (exact) mass is 196 g/mol. The van der Waals surface area contributed by atoms with Crippen molar-refractivity contribution in [3.05, 3.63) is 0 Å². The molecule has 0 spiro atoms. The highest BCUT2D eigenvalue weighted by Crippen LogP contribution is 2.28. The molecule has 1 heterocycles. The fourth-order valence-corrected chi connectivity index (χ4v) is 2.37. The fourth-order valence-electron chi connectivity index (χ4n) is 2.37. The summed E-state index contributed by atoms with van der Waals surface area (Å²) < 4.78 is 5.21. The van der Waals surface area contributed by atoms with Crippen molar-refractivity contribution in [2.75, 3.05) is 13.2 Å². The predicted octanol–water partition coefficient (Wildman–Crippen LogP) is 1.35. The highest BCUT2D eigenvalue weighted by atomic mass is 16.5. The molecule has 14 heavy (non-hydrogen) atoms. The minimum absolute atomic E-state index is 0.0330. The van der Waals surface area contributed by atoms with Crippen molar-refractivity contribution in [1.29, 1.82) is 0 Å². The number of hydrogen-bond donors (Lipinski definition) is 0. The molecule has 1 unspecified atom stereocenters. The second-order valence-corrected chi connectivity index (χ2v) is 4.27. The third-order valence-corrected chi connectivity index (χ3v) is 3.27. The summed E-state index contributed by atoms with van der Waals surface area (Å²) in [6.07, 6.45) is 3.60. The SMILES string of the molecule is O=C1CCC(C(=O)C2CCOCC2)C1. The Kier molecular flexibility index (Phi) is 2.96. The number of ether oxygens (including phenoxy) is 1. The van der Waals surface area contributed by atoms with Crippen LogP contribution in [0.4, 0.5) is 0 Å². The van der Waals surface area contributed by atoms with Crippen LogP contribution in [-0.2, 0) is 14.3 Å². The average Bonchev–Trinajstić information content (AvgIpc) is 2.65. The van der Waals surface area contributed by atoms with Gasteiger partial charge in [0.1, 0.15) is 11.6 Å². The lowest BCUT2D eigenvalue weighted by Crippen LogP contribution is -2.28. The molecule has 0 radical (unpaired) electrons. The Morgan fingerprint density at radius 1 is 1.14 bits per heavy atom. The number of rotatable bonds is 2. The molecule has 0 amide bonds. The molecule has 0 aromatic heterocycles. The van der Waals surface area contributed by atoms with Crippen LogP contribution in [0, 0.1) is 11.8 Å². The van der Waals surface area contributed by atoms with Crippen LogP contribution in [0.5, 0.6) is 0 Å². The van der Waals surface area contributed by atoms with Gasteiger partial charge in [0.05, 0.1) is 0 Å². The Labute approximate surface area is 83.8 Å². The second-order valence-electron chi connectivity index (χ2n) is 4.27. The molecule has 2 rings (SSSR count). The van der Waals surface area contributed by atoms with E-state index in [0.29, 0.717) is 31.8 Å². The molecule has 3 nitrogen and oxygen atoms in total. The Hall–Kier alpha value is -0.700. The Morgan fingerprint density at radius 2 is 1.86 bits per heavy atom. The van der Waals surface area contributed by atoms with Gasteiger partial charge in [-0.2, -0.15) is 0 Å². The molecule has 2 aliphatic rings. The number of carbonyl (C=O) groups is 2. The van der Waals surface area contributed by atoms with Gasteiger partial charge in [-0.15, -0.1) is 0 Å². The van der Waals surface area contributed by atoms with Crippen LogP contribution >= 0.6 is 0 Å². The molecule has 0 bridgehead atoms. The standard InChI is InChI=1S/C11H16O3/c12-10-2-1-9(7-10)11(13)8-3-5-14-6-4-8/h8-9H,1-7H2. The van der Waals surface area contributed by atoms with Gasteiger partial charge in [0.25, 0.3) is 0 Å². The van der Waals surface area contributed by atoms with E-state index in [2.05, 4.69) is 0 Å². The van der Waals surface area contributed by atoms with Crippen LogP contribution in [0.1, 0.15) is 32.1 Å². The van der Waals surface area contributed by atoms with E-state index in [0.717, 1.165) is 19.3 Å². The number of carbonyl (C=O) groups excluding carboxylic acids is 2.